The first-order valence-electron chi connectivity index (χ1n) is 5.39. The lowest BCUT2D eigenvalue weighted by Crippen LogP contribution is -2.36. The normalized spacial score (nSPS) is 36.9. The van der Waals surface area contributed by atoms with Crippen LogP contribution in [0.5, 0.6) is 0 Å². The molecule has 15 heavy (non-hydrogen) atoms. The van der Waals surface area contributed by atoms with Gasteiger partial charge in [-0.15, -0.1) is 0 Å². The molecule has 3 heteroatoms. The fourth-order valence-electron chi connectivity index (χ4n) is 2.67. The van der Waals surface area contributed by atoms with Crippen molar-refractivity contribution in [3.05, 3.63) is 12.2 Å². The number of fused-ring (bicyclic) bond motifs is 2. The summed E-state index contributed by atoms with van der Waals surface area (Å²) in [5.74, 6) is 0.386. The number of hydrogen-bond acceptors (Lipinski definition) is 3. The standard InChI is InChI=1S/C12H16O3/c1-8(13)5-11(14)15-12(2)7-9-3-4-10(12)6-9/h3-4,9-10H,5-7H2,1-2H3/t9-,10-,12+/m0/s1. The van der Waals surface area contributed by atoms with E-state index in [1.54, 1.807) is 0 Å². The molecular formula is C12H16O3. The van der Waals surface area contributed by atoms with Crippen LogP contribution in [0.4, 0.5) is 0 Å². The van der Waals surface area contributed by atoms with Crippen molar-refractivity contribution >= 4 is 11.8 Å². The van der Waals surface area contributed by atoms with E-state index >= 15 is 0 Å². The van der Waals surface area contributed by atoms with Crippen molar-refractivity contribution in [2.75, 3.05) is 0 Å². The van der Waals surface area contributed by atoms with Crippen LogP contribution in [-0.2, 0) is 14.3 Å². The van der Waals surface area contributed by atoms with Crippen LogP contribution >= 0.6 is 0 Å². The summed E-state index contributed by atoms with van der Waals surface area (Å²) in [5.41, 5.74) is -0.369. The molecule has 3 nitrogen and oxygen atoms in total. The third kappa shape index (κ3) is 1.96. The van der Waals surface area contributed by atoms with E-state index in [1.807, 2.05) is 6.92 Å². The molecule has 3 atom stereocenters. The van der Waals surface area contributed by atoms with Gasteiger partial charge in [-0.1, -0.05) is 12.2 Å². The van der Waals surface area contributed by atoms with Crippen LogP contribution in [0.15, 0.2) is 12.2 Å². The van der Waals surface area contributed by atoms with Gasteiger partial charge in [-0.2, -0.15) is 0 Å². The summed E-state index contributed by atoms with van der Waals surface area (Å²) in [7, 11) is 0. The predicted molar refractivity (Wildman–Crippen MR) is 55.1 cm³/mol. The highest BCUT2D eigenvalue weighted by Crippen LogP contribution is 2.48. The lowest BCUT2D eigenvalue weighted by molar-refractivity contribution is -0.161. The second-order valence-corrected chi connectivity index (χ2v) is 4.86. The Bertz CT molecular complexity index is 332. The maximum absolute atomic E-state index is 11.4. The van der Waals surface area contributed by atoms with Gasteiger partial charge in [0.25, 0.3) is 0 Å². The summed E-state index contributed by atoms with van der Waals surface area (Å²) >= 11 is 0. The smallest absolute Gasteiger partial charge is 0.313 e. The monoisotopic (exact) mass is 208 g/mol. The zero-order valence-corrected chi connectivity index (χ0v) is 9.16. The molecule has 0 aromatic heterocycles. The molecule has 0 spiro atoms. The summed E-state index contributed by atoms with van der Waals surface area (Å²) in [6.07, 6.45) is 6.22. The zero-order valence-electron chi connectivity index (χ0n) is 9.16. The maximum Gasteiger partial charge on any atom is 0.313 e. The number of carbonyl (C=O) groups excluding carboxylic acids is 2. The molecule has 0 radical (unpaired) electrons. The Labute approximate surface area is 89.5 Å². The Morgan fingerprint density at radius 1 is 1.47 bits per heavy atom. The summed E-state index contributed by atoms with van der Waals surface area (Å²) < 4.78 is 5.43. The lowest BCUT2D eigenvalue weighted by atomic mass is 9.90. The number of rotatable bonds is 3. The molecule has 1 fully saturated rings. The molecular weight excluding hydrogens is 192 g/mol. The number of ketones is 1. The van der Waals surface area contributed by atoms with E-state index in [9.17, 15) is 9.59 Å². The molecule has 0 saturated heterocycles. The first kappa shape index (κ1) is 10.4. The number of allylic oxidation sites excluding steroid dienone is 1. The van der Waals surface area contributed by atoms with E-state index in [0.29, 0.717) is 11.8 Å². The van der Waals surface area contributed by atoms with Gasteiger partial charge in [0.05, 0.1) is 0 Å². The van der Waals surface area contributed by atoms with E-state index < -0.39 is 0 Å². The highest BCUT2D eigenvalue weighted by atomic mass is 16.6. The summed E-state index contributed by atoms with van der Waals surface area (Å²) in [4.78, 5) is 22.2. The van der Waals surface area contributed by atoms with Gasteiger partial charge in [0.1, 0.15) is 17.8 Å². The van der Waals surface area contributed by atoms with Crippen LogP contribution < -0.4 is 0 Å². The van der Waals surface area contributed by atoms with Crippen molar-refractivity contribution in [3.63, 3.8) is 0 Å². The molecule has 0 aromatic rings. The molecule has 2 rings (SSSR count). The van der Waals surface area contributed by atoms with E-state index in [0.717, 1.165) is 12.8 Å². The molecule has 0 unspecified atom stereocenters. The number of esters is 1. The van der Waals surface area contributed by atoms with Gasteiger partial charge in [0.15, 0.2) is 0 Å². The van der Waals surface area contributed by atoms with E-state index in [4.69, 9.17) is 4.74 Å². The van der Waals surface area contributed by atoms with Crippen LogP contribution in [0.2, 0.25) is 0 Å². The number of hydrogen-bond donors (Lipinski definition) is 0. The third-order valence-electron chi connectivity index (χ3n) is 3.36. The quantitative estimate of drug-likeness (QED) is 0.404. The first-order valence-corrected chi connectivity index (χ1v) is 5.39. The molecule has 1 saturated carbocycles. The fourth-order valence-corrected chi connectivity index (χ4v) is 2.67. The third-order valence-corrected chi connectivity index (χ3v) is 3.36. The van der Waals surface area contributed by atoms with Crippen molar-refractivity contribution in [2.24, 2.45) is 11.8 Å². The molecule has 0 aromatic carbocycles. The van der Waals surface area contributed by atoms with Crippen LogP contribution in [0.3, 0.4) is 0 Å². The van der Waals surface area contributed by atoms with Crippen LogP contribution in [0.1, 0.15) is 33.1 Å². The Morgan fingerprint density at radius 3 is 2.67 bits per heavy atom. The number of carbonyl (C=O) groups is 2. The van der Waals surface area contributed by atoms with Gasteiger partial charge in [-0.3, -0.25) is 9.59 Å². The maximum atomic E-state index is 11.4. The molecule has 0 aliphatic heterocycles. The summed E-state index contributed by atoms with van der Waals surface area (Å²) in [6, 6.07) is 0. The van der Waals surface area contributed by atoms with Gasteiger partial charge in [0, 0.05) is 5.92 Å². The highest BCUT2D eigenvalue weighted by Gasteiger charge is 2.47. The SMILES string of the molecule is CC(=O)CC(=O)O[C@]1(C)C[C@H]2C=C[C@H]1C2. The van der Waals surface area contributed by atoms with Gasteiger partial charge in [-0.05, 0) is 32.6 Å². The second kappa shape index (κ2) is 3.47. The van der Waals surface area contributed by atoms with Crippen LogP contribution in [-0.4, -0.2) is 17.4 Å². The Balaban J connectivity index is 1.97. The molecule has 82 valence electrons. The average Bonchev–Trinajstić information content (AvgIpc) is 2.59. The zero-order chi connectivity index (χ0) is 11.1. The summed E-state index contributed by atoms with van der Waals surface area (Å²) in [5, 5.41) is 0. The van der Waals surface area contributed by atoms with Gasteiger partial charge >= 0.3 is 5.97 Å². The Hall–Kier alpha value is -1.12. The largest absolute Gasteiger partial charge is 0.458 e. The van der Waals surface area contributed by atoms with Crippen molar-refractivity contribution in [1.29, 1.82) is 0 Å². The molecule has 2 aliphatic carbocycles. The first-order chi connectivity index (χ1) is 6.99. The van der Waals surface area contributed by atoms with E-state index in [1.165, 1.54) is 6.92 Å². The Morgan fingerprint density at radius 2 is 2.20 bits per heavy atom. The molecule has 2 bridgehead atoms. The number of ether oxygens (including phenoxy) is 1. The van der Waals surface area contributed by atoms with Crippen molar-refractivity contribution in [2.45, 2.75) is 38.7 Å². The average molecular weight is 208 g/mol. The minimum absolute atomic E-state index is 0.101. The van der Waals surface area contributed by atoms with Gasteiger partial charge in [-0.25, -0.2) is 0 Å². The van der Waals surface area contributed by atoms with Crippen molar-refractivity contribution < 1.29 is 14.3 Å². The Kier molecular flexibility index (Phi) is 2.41. The van der Waals surface area contributed by atoms with Crippen molar-refractivity contribution in [1.82, 2.24) is 0 Å². The predicted octanol–water partition coefficient (Wildman–Crippen LogP) is 1.86. The van der Waals surface area contributed by atoms with Gasteiger partial charge < -0.3 is 4.74 Å². The minimum Gasteiger partial charge on any atom is -0.458 e. The minimum atomic E-state index is -0.383. The number of Topliss-reactive ketones (excluding diaryl/α,β-unsaturated/α-hetero) is 1. The topological polar surface area (TPSA) is 43.4 Å². The molecule has 0 heterocycles. The van der Waals surface area contributed by atoms with E-state index in [-0.39, 0.29) is 23.8 Å². The molecule has 0 N–H and O–H groups in total. The lowest BCUT2D eigenvalue weighted by Gasteiger charge is -2.31. The highest BCUT2D eigenvalue weighted by molar-refractivity contribution is 5.94. The fraction of sp³-hybridized carbons (Fsp3) is 0.667. The van der Waals surface area contributed by atoms with Gasteiger partial charge in [0.2, 0.25) is 0 Å². The second-order valence-electron chi connectivity index (χ2n) is 4.86. The molecule has 0 amide bonds. The summed E-state index contributed by atoms with van der Waals surface area (Å²) in [6.45, 7) is 3.38. The van der Waals surface area contributed by atoms with Crippen LogP contribution in [0, 0.1) is 11.8 Å². The van der Waals surface area contributed by atoms with Crippen LogP contribution in [0.25, 0.3) is 0 Å². The van der Waals surface area contributed by atoms with E-state index in [2.05, 4.69) is 12.2 Å². The van der Waals surface area contributed by atoms with Crippen molar-refractivity contribution in [3.8, 4) is 0 Å². The molecule has 2 aliphatic rings.